The Balaban J connectivity index is 1.48. The Morgan fingerprint density at radius 1 is 0.926 bits per heavy atom. The van der Waals surface area contributed by atoms with Gasteiger partial charge in [-0.3, -0.25) is 4.72 Å². The van der Waals surface area contributed by atoms with E-state index in [1.54, 1.807) is 30.3 Å². The van der Waals surface area contributed by atoms with Crippen LogP contribution in [0.1, 0.15) is 0 Å². The minimum Gasteiger partial charge on any atom is -0.454 e. The summed E-state index contributed by atoms with van der Waals surface area (Å²) in [5, 5.41) is 3.00. The molecule has 0 unspecified atom stereocenters. The van der Waals surface area contributed by atoms with Gasteiger partial charge < -0.3 is 14.8 Å². The van der Waals surface area contributed by atoms with Crippen LogP contribution in [-0.4, -0.2) is 20.2 Å². The van der Waals surface area contributed by atoms with Gasteiger partial charge in [0.1, 0.15) is 11.6 Å². The Morgan fingerprint density at radius 3 is 2.41 bits per heavy atom. The summed E-state index contributed by atoms with van der Waals surface area (Å²) in [6, 6.07) is 13.4. The maximum Gasteiger partial charge on any atom is 0.262 e. The van der Waals surface area contributed by atoms with Crippen LogP contribution in [0.4, 0.5) is 21.6 Å². The molecule has 1 aliphatic heterocycles. The Hall–Kier alpha value is -3.33. The monoisotopic (exact) mass is 387 g/mol. The van der Waals surface area contributed by atoms with Gasteiger partial charge in [0, 0.05) is 11.8 Å². The number of sulfonamides is 1. The van der Waals surface area contributed by atoms with Gasteiger partial charge in [0.15, 0.2) is 11.5 Å². The molecule has 0 amide bonds. The van der Waals surface area contributed by atoms with Gasteiger partial charge in [0.2, 0.25) is 6.79 Å². The van der Waals surface area contributed by atoms with Gasteiger partial charge >= 0.3 is 0 Å². The van der Waals surface area contributed by atoms with E-state index in [-0.39, 0.29) is 17.5 Å². The van der Waals surface area contributed by atoms with Crippen LogP contribution < -0.4 is 19.5 Å². The van der Waals surface area contributed by atoms with Crippen molar-refractivity contribution in [2.45, 2.75) is 4.90 Å². The summed E-state index contributed by atoms with van der Waals surface area (Å²) in [7, 11) is -3.80. The second-order valence-electron chi connectivity index (χ2n) is 5.68. The Morgan fingerprint density at radius 2 is 1.67 bits per heavy atom. The zero-order valence-electron chi connectivity index (χ0n) is 13.8. The molecule has 1 aliphatic rings. The van der Waals surface area contributed by atoms with E-state index in [2.05, 4.69) is 15.0 Å². The first kappa shape index (κ1) is 17.1. The highest BCUT2D eigenvalue weighted by molar-refractivity contribution is 7.92. The van der Waals surface area contributed by atoms with Gasteiger partial charge in [-0.1, -0.05) is 0 Å². The van der Waals surface area contributed by atoms with Crippen LogP contribution in [0.3, 0.4) is 0 Å². The number of anilines is 3. The summed E-state index contributed by atoms with van der Waals surface area (Å²) < 4.78 is 50.8. The molecule has 3 aromatic rings. The zero-order chi connectivity index (χ0) is 18.9. The Bertz CT molecular complexity index is 1070. The number of rotatable bonds is 5. The smallest absolute Gasteiger partial charge is 0.262 e. The average molecular weight is 387 g/mol. The molecule has 2 aromatic carbocycles. The van der Waals surface area contributed by atoms with Crippen molar-refractivity contribution in [3.8, 4) is 11.5 Å². The average Bonchev–Trinajstić information content (AvgIpc) is 3.13. The first-order chi connectivity index (χ1) is 13.0. The van der Waals surface area contributed by atoms with Gasteiger partial charge in [-0.15, -0.1) is 0 Å². The quantitative estimate of drug-likeness (QED) is 0.697. The largest absolute Gasteiger partial charge is 0.454 e. The number of nitrogens with zero attached hydrogens (tertiary/aromatic N) is 1. The molecule has 138 valence electrons. The minimum absolute atomic E-state index is 0.0558. The van der Waals surface area contributed by atoms with Crippen molar-refractivity contribution < 1.29 is 22.3 Å². The van der Waals surface area contributed by atoms with Crippen LogP contribution >= 0.6 is 0 Å². The lowest BCUT2D eigenvalue weighted by Crippen LogP contribution is -2.13. The van der Waals surface area contributed by atoms with E-state index < -0.39 is 10.0 Å². The van der Waals surface area contributed by atoms with Crippen LogP contribution in [0.15, 0.2) is 65.7 Å². The van der Waals surface area contributed by atoms with Crippen molar-refractivity contribution in [3.63, 3.8) is 0 Å². The molecule has 7 nitrogen and oxygen atoms in total. The van der Waals surface area contributed by atoms with Gasteiger partial charge in [0.25, 0.3) is 10.0 Å². The van der Waals surface area contributed by atoms with Gasteiger partial charge in [-0.2, -0.15) is 0 Å². The van der Waals surface area contributed by atoms with Gasteiger partial charge in [0.05, 0.1) is 16.8 Å². The summed E-state index contributed by atoms with van der Waals surface area (Å²) in [4.78, 5) is 4.21. The molecular weight excluding hydrogens is 373 g/mol. The maximum atomic E-state index is 12.9. The highest BCUT2D eigenvalue weighted by atomic mass is 32.2. The number of hydrogen-bond acceptors (Lipinski definition) is 6. The third kappa shape index (κ3) is 3.77. The zero-order valence-corrected chi connectivity index (χ0v) is 14.7. The lowest BCUT2D eigenvalue weighted by Gasteiger charge is -2.10. The van der Waals surface area contributed by atoms with Crippen molar-refractivity contribution in [1.82, 2.24) is 4.98 Å². The van der Waals surface area contributed by atoms with Gasteiger partial charge in [-0.05, 0) is 48.5 Å². The van der Waals surface area contributed by atoms with Crippen LogP contribution in [0.2, 0.25) is 0 Å². The number of nitrogens with one attached hydrogen (secondary N) is 2. The summed E-state index contributed by atoms with van der Waals surface area (Å²) in [5.41, 5.74) is 0.968. The fourth-order valence-corrected chi connectivity index (χ4v) is 3.53. The highest BCUT2D eigenvalue weighted by Crippen LogP contribution is 2.34. The molecule has 0 spiro atoms. The first-order valence-electron chi connectivity index (χ1n) is 7.91. The number of benzene rings is 2. The van der Waals surface area contributed by atoms with Crippen molar-refractivity contribution in [2.75, 3.05) is 16.8 Å². The van der Waals surface area contributed by atoms with E-state index >= 15 is 0 Å². The second-order valence-corrected chi connectivity index (χ2v) is 7.37. The lowest BCUT2D eigenvalue weighted by atomic mass is 10.3. The molecule has 0 bridgehead atoms. The minimum atomic E-state index is -3.80. The van der Waals surface area contributed by atoms with E-state index in [4.69, 9.17) is 9.47 Å². The molecule has 9 heteroatoms. The van der Waals surface area contributed by atoms with Crippen molar-refractivity contribution in [1.29, 1.82) is 0 Å². The molecule has 0 fully saturated rings. The van der Waals surface area contributed by atoms with E-state index in [9.17, 15) is 12.8 Å². The molecule has 0 saturated heterocycles. The first-order valence-corrected chi connectivity index (χ1v) is 9.39. The number of halogens is 1. The summed E-state index contributed by atoms with van der Waals surface area (Å²) in [6.07, 6.45) is 1.39. The fourth-order valence-electron chi connectivity index (χ4n) is 2.47. The second kappa shape index (κ2) is 6.76. The molecule has 0 radical (unpaired) electrons. The van der Waals surface area contributed by atoms with E-state index in [1.165, 1.54) is 30.5 Å². The van der Waals surface area contributed by atoms with Crippen molar-refractivity contribution in [3.05, 3.63) is 66.6 Å². The highest BCUT2D eigenvalue weighted by Gasteiger charge is 2.20. The SMILES string of the molecule is O=S(=O)(Nc1ccc(Nc2ccc(F)cc2)nc1)c1ccc2c(c1)OCO2. The molecule has 1 aromatic heterocycles. The molecule has 0 aliphatic carbocycles. The molecule has 0 atom stereocenters. The molecule has 2 heterocycles. The maximum absolute atomic E-state index is 12.9. The van der Waals surface area contributed by atoms with Crippen molar-refractivity contribution in [2.24, 2.45) is 0 Å². The third-order valence-corrected chi connectivity index (χ3v) is 5.17. The molecule has 2 N–H and O–H groups in total. The number of fused-ring (bicyclic) bond motifs is 1. The molecule has 0 saturated carbocycles. The van der Waals surface area contributed by atoms with Gasteiger partial charge in [-0.25, -0.2) is 17.8 Å². The van der Waals surface area contributed by atoms with Crippen LogP contribution in [0.5, 0.6) is 11.5 Å². The normalized spacial score (nSPS) is 12.6. The predicted octanol–water partition coefficient (Wildman–Crippen LogP) is 3.49. The lowest BCUT2D eigenvalue weighted by molar-refractivity contribution is 0.174. The number of pyridine rings is 1. The molecule has 27 heavy (non-hydrogen) atoms. The number of aromatic nitrogens is 1. The fraction of sp³-hybridized carbons (Fsp3) is 0.0556. The van der Waals surface area contributed by atoms with Crippen LogP contribution in [0.25, 0.3) is 0 Å². The Labute approximate surface area is 154 Å². The Kier molecular flexibility index (Phi) is 4.28. The standard InChI is InChI=1S/C18H14FN3O4S/c19-12-1-3-13(4-2-12)21-18-8-5-14(10-20-18)22-27(23,24)15-6-7-16-17(9-15)26-11-25-16/h1-10,22H,11H2,(H,20,21). The third-order valence-electron chi connectivity index (χ3n) is 3.79. The van der Waals surface area contributed by atoms with Crippen LogP contribution in [0, 0.1) is 5.82 Å². The topological polar surface area (TPSA) is 89.6 Å². The van der Waals surface area contributed by atoms with Crippen LogP contribution in [-0.2, 0) is 10.0 Å². The van der Waals surface area contributed by atoms with E-state index in [0.717, 1.165) is 0 Å². The van der Waals surface area contributed by atoms with Crippen molar-refractivity contribution >= 4 is 27.2 Å². The molecule has 4 rings (SSSR count). The van der Waals surface area contributed by atoms with E-state index in [0.29, 0.717) is 28.7 Å². The summed E-state index contributed by atoms with van der Waals surface area (Å²) in [6.45, 7) is 0.0682. The summed E-state index contributed by atoms with van der Waals surface area (Å²) in [5.74, 6) is 1.05. The number of ether oxygens (including phenoxy) is 2. The van der Waals surface area contributed by atoms with E-state index in [1.807, 2.05) is 0 Å². The molecular formula is C18H14FN3O4S. The number of hydrogen-bond donors (Lipinski definition) is 2. The predicted molar refractivity (Wildman–Crippen MR) is 97.3 cm³/mol. The summed E-state index contributed by atoms with van der Waals surface area (Å²) >= 11 is 0.